The summed E-state index contributed by atoms with van der Waals surface area (Å²) >= 11 is 6.28. The summed E-state index contributed by atoms with van der Waals surface area (Å²) in [6.45, 7) is 0. The minimum atomic E-state index is -3.84. The molecular weight excluding hydrogens is 426 g/mol. The molecule has 0 bridgehead atoms. The molecule has 4 aromatic rings. The van der Waals surface area contributed by atoms with E-state index in [0.717, 1.165) is 0 Å². The summed E-state index contributed by atoms with van der Waals surface area (Å²) in [6, 6.07) is 17.7. The van der Waals surface area contributed by atoms with Crippen molar-refractivity contribution in [3.8, 4) is 28.2 Å². The maximum atomic E-state index is 13.4. The molecule has 0 fully saturated rings. The van der Waals surface area contributed by atoms with E-state index in [1.54, 1.807) is 54.6 Å². The van der Waals surface area contributed by atoms with E-state index in [-0.39, 0.29) is 10.3 Å². The van der Waals surface area contributed by atoms with E-state index in [0.29, 0.717) is 44.2 Å². The van der Waals surface area contributed by atoms with Gasteiger partial charge >= 0.3 is 0 Å². The highest BCUT2D eigenvalue weighted by Gasteiger charge is 2.19. The van der Waals surface area contributed by atoms with Crippen molar-refractivity contribution in [3.05, 3.63) is 82.0 Å². The molecule has 8 heteroatoms. The molecule has 3 aromatic carbocycles. The Morgan fingerprint density at radius 3 is 2.27 bits per heavy atom. The SMILES string of the molecule is COc1ccc(-c2c(-c3ccc(S(N)(=O)=O)cc3)oc3ccccc3c2=O)cc1Cl. The Hall–Kier alpha value is -3.13. The molecule has 0 aliphatic heterocycles. The average Bonchev–Trinajstić information content (AvgIpc) is 2.73. The number of nitrogens with two attached hydrogens (primary N) is 1. The van der Waals surface area contributed by atoms with Gasteiger partial charge in [-0.3, -0.25) is 4.79 Å². The Bertz CT molecular complexity index is 1430. The molecule has 2 N–H and O–H groups in total. The molecule has 0 spiro atoms. The first-order valence-corrected chi connectivity index (χ1v) is 10.7. The molecule has 0 amide bonds. The maximum absolute atomic E-state index is 13.4. The van der Waals surface area contributed by atoms with E-state index < -0.39 is 10.0 Å². The lowest BCUT2D eigenvalue weighted by Crippen LogP contribution is -2.12. The van der Waals surface area contributed by atoms with Crippen LogP contribution in [0.15, 0.2) is 80.8 Å². The molecule has 0 aliphatic rings. The fourth-order valence-corrected chi connectivity index (χ4v) is 4.00. The largest absolute Gasteiger partial charge is 0.495 e. The van der Waals surface area contributed by atoms with Crippen molar-refractivity contribution < 1.29 is 17.6 Å². The molecule has 6 nitrogen and oxygen atoms in total. The van der Waals surface area contributed by atoms with E-state index >= 15 is 0 Å². The molecule has 4 rings (SSSR count). The van der Waals surface area contributed by atoms with E-state index in [4.69, 9.17) is 25.9 Å². The molecule has 1 heterocycles. The summed E-state index contributed by atoms with van der Waals surface area (Å²) in [5, 5.41) is 5.95. The number of para-hydroxylation sites is 1. The van der Waals surface area contributed by atoms with Gasteiger partial charge in [0.05, 0.1) is 28.0 Å². The predicted molar refractivity (Wildman–Crippen MR) is 116 cm³/mol. The zero-order chi connectivity index (χ0) is 21.5. The number of rotatable bonds is 4. The third-order valence-corrected chi connectivity index (χ3v) is 5.91. The van der Waals surface area contributed by atoms with Crippen LogP contribution in [0.3, 0.4) is 0 Å². The monoisotopic (exact) mass is 441 g/mol. The first-order chi connectivity index (χ1) is 14.3. The van der Waals surface area contributed by atoms with Crippen molar-refractivity contribution in [2.75, 3.05) is 7.11 Å². The summed E-state index contributed by atoms with van der Waals surface area (Å²) < 4.78 is 34.4. The molecule has 1 aromatic heterocycles. The van der Waals surface area contributed by atoms with Crippen molar-refractivity contribution in [2.24, 2.45) is 5.14 Å². The van der Waals surface area contributed by atoms with Crippen LogP contribution in [0, 0.1) is 0 Å². The van der Waals surface area contributed by atoms with E-state index in [9.17, 15) is 13.2 Å². The number of ether oxygens (including phenoxy) is 1. The number of primary sulfonamides is 1. The lowest BCUT2D eigenvalue weighted by molar-refractivity contribution is 0.415. The zero-order valence-electron chi connectivity index (χ0n) is 15.8. The summed E-state index contributed by atoms with van der Waals surface area (Å²) in [6.07, 6.45) is 0. The average molecular weight is 442 g/mol. The van der Waals surface area contributed by atoms with Gasteiger partial charge in [-0.2, -0.15) is 0 Å². The minimum Gasteiger partial charge on any atom is -0.495 e. The molecule has 30 heavy (non-hydrogen) atoms. The van der Waals surface area contributed by atoms with E-state index in [1.807, 2.05) is 0 Å². The highest BCUT2D eigenvalue weighted by Crippen LogP contribution is 2.36. The topological polar surface area (TPSA) is 99.6 Å². The normalized spacial score (nSPS) is 11.6. The third-order valence-electron chi connectivity index (χ3n) is 4.68. The summed E-state index contributed by atoms with van der Waals surface area (Å²) in [5.41, 5.74) is 1.56. The third kappa shape index (κ3) is 3.59. The van der Waals surface area contributed by atoms with Crippen LogP contribution in [0.25, 0.3) is 33.4 Å². The molecule has 0 radical (unpaired) electrons. The van der Waals surface area contributed by atoms with Crippen LogP contribution >= 0.6 is 11.6 Å². The van der Waals surface area contributed by atoms with Gasteiger partial charge in [-0.05, 0) is 54.1 Å². The van der Waals surface area contributed by atoms with E-state index in [1.165, 1.54) is 19.2 Å². The second-order valence-corrected chi connectivity index (χ2v) is 8.52. The summed E-state index contributed by atoms with van der Waals surface area (Å²) in [7, 11) is -2.34. The molecular formula is C22H16ClNO5S. The summed E-state index contributed by atoms with van der Waals surface area (Å²) in [5.74, 6) is 0.769. The summed E-state index contributed by atoms with van der Waals surface area (Å²) in [4.78, 5) is 13.3. The lowest BCUT2D eigenvalue weighted by Gasteiger charge is -2.12. The van der Waals surface area contributed by atoms with Gasteiger partial charge in [-0.25, -0.2) is 13.6 Å². The molecule has 0 atom stereocenters. The van der Waals surface area contributed by atoms with Crippen LogP contribution in [0.4, 0.5) is 0 Å². The molecule has 0 saturated carbocycles. The number of sulfonamides is 1. The second kappa shape index (κ2) is 7.60. The van der Waals surface area contributed by atoms with Crippen LogP contribution in [-0.2, 0) is 10.0 Å². The standard InChI is InChI=1S/C22H16ClNO5S/c1-28-19-11-8-14(12-17(19)23)20-21(25)16-4-2-3-5-18(16)29-22(20)13-6-9-15(10-7-13)30(24,26)27/h2-12H,1H3,(H2,24,26,27). The Kier molecular flexibility index (Phi) is 5.11. The van der Waals surface area contributed by atoms with Crippen LogP contribution in [0.5, 0.6) is 5.75 Å². The van der Waals surface area contributed by atoms with Gasteiger partial charge in [0, 0.05) is 5.56 Å². The smallest absolute Gasteiger partial charge is 0.238 e. The van der Waals surface area contributed by atoms with Crippen molar-refractivity contribution in [3.63, 3.8) is 0 Å². The van der Waals surface area contributed by atoms with Gasteiger partial charge in [-0.15, -0.1) is 0 Å². The van der Waals surface area contributed by atoms with Crippen LogP contribution < -0.4 is 15.3 Å². The van der Waals surface area contributed by atoms with Gasteiger partial charge in [-0.1, -0.05) is 29.8 Å². The second-order valence-electron chi connectivity index (χ2n) is 6.55. The molecule has 0 aliphatic carbocycles. The van der Waals surface area contributed by atoms with Gasteiger partial charge in [0.2, 0.25) is 15.5 Å². The Labute approximate surface area is 177 Å². The maximum Gasteiger partial charge on any atom is 0.238 e. The number of hydrogen-bond acceptors (Lipinski definition) is 5. The Balaban J connectivity index is 2.02. The minimum absolute atomic E-state index is 0.0385. The lowest BCUT2D eigenvalue weighted by atomic mass is 9.98. The number of benzene rings is 3. The number of hydrogen-bond donors (Lipinski definition) is 1. The van der Waals surface area contributed by atoms with Crippen molar-refractivity contribution >= 4 is 32.6 Å². The fraction of sp³-hybridized carbons (Fsp3) is 0.0455. The molecule has 0 unspecified atom stereocenters. The van der Waals surface area contributed by atoms with Gasteiger partial charge in [0.15, 0.2) is 0 Å². The molecule has 0 saturated heterocycles. The molecule has 152 valence electrons. The Morgan fingerprint density at radius 1 is 0.967 bits per heavy atom. The quantitative estimate of drug-likeness (QED) is 0.504. The van der Waals surface area contributed by atoms with Crippen molar-refractivity contribution in [1.82, 2.24) is 0 Å². The van der Waals surface area contributed by atoms with Gasteiger partial charge < -0.3 is 9.15 Å². The number of methoxy groups -OCH3 is 1. The van der Waals surface area contributed by atoms with Gasteiger partial charge in [0.1, 0.15) is 17.1 Å². The van der Waals surface area contributed by atoms with Crippen molar-refractivity contribution in [2.45, 2.75) is 4.90 Å². The zero-order valence-corrected chi connectivity index (χ0v) is 17.3. The first kappa shape index (κ1) is 20.2. The highest BCUT2D eigenvalue weighted by molar-refractivity contribution is 7.89. The van der Waals surface area contributed by atoms with Gasteiger partial charge in [0.25, 0.3) is 0 Å². The fourth-order valence-electron chi connectivity index (χ4n) is 3.23. The first-order valence-electron chi connectivity index (χ1n) is 8.82. The highest BCUT2D eigenvalue weighted by atomic mass is 35.5. The Morgan fingerprint density at radius 2 is 1.63 bits per heavy atom. The van der Waals surface area contributed by atoms with Crippen LogP contribution in [0.1, 0.15) is 0 Å². The van der Waals surface area contributed by atoms with Crippen LogP contribution in [0.2, 0.25) is 5.02 Å². The predicted octanol–water partition coefficient (Wildman–Crippen LogP) is 4.44. The van der Waals surface area contributed by atoms with Crippen LogP contribution in [-0.4, -0.2) is 15.5 Å². The number of fused-ring (bicyclic) bond motifs is 1. The van der Waals surface area contributed by atoms with Crippen molar-refractivity contribution in [1.29, 1.82) is 0 Å². The van der Waals surface area contributed by atoms with E-state index in [2.05, 4.69) is 0 Å². The number of halogens is 1.